The lowest BCUT2D eigenvalue weighted by molar-refractivity contribution is 0.0684. The molecule has 2 aliphatic carbocycles. The summed E-state index contributed by atoms with van der Waals surface area (Å²) < 4.78 is 2.20. The number of imidazole rings is 1. The Morgan fingerprint density at radius 3 is 2.49 bits per heavy atom. The third-order valence-electron chi connectivity index (χ3n) is 8.19. The van der Waals surface area contributed by atoms with E-state index >= 15 is 0 Å². The molecule has 0 amide bonds. The van der Waals surface area contributed by atoms with Crippen LogP contribution in [0.5, 0.6) is 0 Å². The van der Waals surface area contributed by atoms with Gasteiger partial charge >= 0.3 is 5.97 Å². The van der Waals surface area contributed by atoms with Gasteiger partial charge in [0.15, 0.2) is 17.3 Å². The van der Waals surface area contributed by atoms with Crippen LogP contribution in [0.3, 0.4) is 0 Å². The van der Waals surface area contributed by atoms with Crippen LogP contribution in [-0.2, 0) is 6.54 Å². The van der Waals surface area contributed by atoms with Gasteiger partial charge in [-0.2, -0.15) is 0 Å². The van der Waals surface area contributed by atoms with E-state index in [1.54, 1.807) is 0 Å². The Labute approximate surface area is 206 Å². The second-order valence-electron chi connectivity index (χ2n) is 10.8. The number of aromatic nitrogens is 5. The summed E-state index contributed by atoms with van der Waals surface area (Å²) in [5.41, 5.74) is 4.26. The number of anilines is 1. The highest BCUT2D eigenvalue weighted by Gasteiger charge is 2.29. The number of carboxylic acid groups (broad SMARTS) is 1. The van der Waals surface area contributed by atoms with Crippen LogP contribution >= 0.6 is 0 Å². The number of nitrogens with zero attached hydrogens (tertiary/aromatic N) is 5. The van der Waals surface area contributed by atoms with Gasteiger partial charge in [-0.25, -0.2) is 19.7 Å². The predicted molar refractivity (Wildman–Crippen MR) is 137 cm³/mol. The van der Waals surface area contributed by atoms with E-state index in [4.69, 9.17) is 9.97 Å². The van der Waals surface area contributed by atoms with Gasteiger partial charge in [0.05, 0.1) is 0 Å². The van der Waals surface area contributed by atoms with Crippen molar-refractivity contribution in [3.8, 4) is 11.5 Å². The number of carboxylic acids is 1. The van der Waals surface area contributed by atoms with Gasteiger partial charge in [0, 0.05) is 18.8 Å². The molecule has 35 heavy (non-hydrogen) atoms. The van der Waals surface area contributed by atoms with E-state index in [-0.39, 0.29) is 11.9 Å². The van der Waals surface area contributed by atoms with E-state index < -0.39 is 5.97 Å². The molecule has 2 N–H and O–H groups in total. The fourth-order valence-corrected chi connectivity index (χ4v) is 5.40. The molecular formula is C27H36N6O2. The molecule has 0 spiro atoms. The summed E-state index contributed by atoms with van der Waals surface area (Å²) in [6, 6.07) is 2.26. The maximum atomic E-state index is 11.9. The molecule has 2 fully saturated rings. The minimum atomic E-state index is -1.15. The third-order valence-corrected chi connectivity index (χ3v) is 8.19. The summed E-state index contributed by atoms with van der Waals surface area (Å²) in [4.78, 5) is 30.3. The third kappa shape index (κ3) is 4.75. The van der Waals surface area contributed by atoms with Gasteiger partial charge in [-0.3, -0.25) is 4.98 Å². The SMILES string of the molecule is Cc1cnc(-c2nc3nc(C(=O)O)nc(N[C@H](C)C4CCC4)c3n2C[C@H]2CC[C@H](C)CC2)cc1C. The van der Waals surface area contributed by atoms with Crippen molar-refractivity contribution >= 4 is 23.0 Å². The molecule has 1 atom stereocenters. The molecule has 0 bridgehead atoms. The molecule has 8 nitrogen and oxygen atoms in total. The van der Waals surface area contributed by atoms with Crippen molar-refractivity contribution in [3.63, 3.8) is 0 Å². The predicted octanol–water partition coefficient (Wildman–Crippen LogP) is 5.63. The number of rotatable bonds is 7. The first kappa shape index (κ1) is 23.7. The zero-order valence-corrected chi connectivity index (χ0v) is 21.2. The molecule has 186 valence electrons. The van der Waals surface area contributed by atoms with Gasteiger partial charge in [-0.15, -0.1) is 0 Å². The lowest BCUT2D eigenvalue weighted by Crippen LogP contribution is -2.31. The highest BCUT2D eigenvalue weighted by Crippen LogP contribution is 2.36. The number of hydrogen-bond donors (Lipinski definition) is 2. The van der Waals surface area contributed by atoms with Crippen molar-refractivity contribution in [3.05, 3.63) is 29.2 Å². The minimum Gasteiger partial charge on any atom is -0.475 e. The van der Waals surface area contributed by atoms with Crippen LogP contribution in [0.25, 0.3) is 22.7 Å². The average molecular weight is 477 g/mol. The summed E-state index contributed by atoms with van der Waals surface area (Å²) in [6.45, 7) is 9.42. The Balaban J connectivity index is 1.65. The van der Waals surface area contributed by atoms with E-state index in [1.165, 1.54) is 44.9 Å². The second-order valence-corrected chi connectivity index (χ2v) is 10.8. The van der Waals surface area contributed by atoms with Gasteiger partial charge in [0.2, 0.25) is 5.82 Å². The Morgan fingerprint density at radius 1 is 1.11 bits per heavy atom. The zero-order chi connectivity index (χ0) is 24.7. The van der Waals surface area contributed by atoms with Crippen LogP contribution in [-0.4, -0.2) is 41.6 Å². The number of pyridine rings is 1. The van der Waals surface area contributed by atoms with Crippen LogP contribution in [0.4, 0.5) is 5.82 Å². The highest BCUT2D eigenvalue weighted by molar-refractivity contribution is 5.92. The van der Waals surface area contributed by atoms with Gasteiger partial charge in [-0.1, -0.05) is 26.2 Å². The van der Waals surface area contributed by atoms with E-state index in [2.05, 4.69) is 46.7 Å². The molecule has 3 aromatic heterocycles. The molecule has 0 aliphatic heterocycles. The summed E-state index contributed by atoms with van der Waals surface area (Å²) in [5, 5.41) is 13.3. The van der Waals surface area contributed by atoms with Crippen LogP contribution in [0.2, 0.25) is 0 Å². The summed E-state index contributed by atoms with van der Waals surface area (Å²) >= 11 is 0. The first-order valence-electron chi connectivity index (χ1n) is 13.0. The van der Waals surface area contributed by atoms with E-state index in [1.807, 2.05) is 13.1 Å². The monoisotopic (exact) mass is 476 g/mol. The Morgan fingerprint density at radius 2 is 1.86 bits per heavy atom. The topological polar surface area (TPSA) is 106 Å². The number of aryl methyl sites for hydroxylation is 2. The second kappa shape index (κ2) is 9.55. The van der Waals surface area contributed by atoms with E-state index in [0.29, 0.717) is 23.3 Å². The lowest BCUT2D eigenvalue weighted by Gasteiger charge is -2.32. The van der Waals surface area contributed by atoms with Crippen molar-refractivity contribution in [1.29, 1.82) is 0 Å². The Kier molecular flexibility index (Phi) is 6.47. The zero-order valence-electron chi connectivity index (χ0n) is 21.2. The summed E-state index contributed by atoms with van der Waals surface area (Å²) in [7, 11) is 0. The fraction of sp³-hybridized carbons (Fsp3) is 0.593. The van der Waals surface area contributed by atoms with Crippen LogP contribution in [0.1, 0.15) is 80.5 Å². The molecule has 2 aliphatic rings. The smallest absolute Gasteiger partial charge is 0.374 e. The van der Waals surface area contributed by atoms with Crippen molar-refractivity contribution < 1.29 is 9.90 Å². The first-order chi connectivity index (χ1) is 16.8. The first-order valence-corrected chi connectivity index (χ1v) is 13.0. The number of carbonyl (C=O) groups is 1. The number of nitrogens with one attached hydrogen (secondary N) is 1. The highest BCUT2D eigenvalue weighted by atomic mass is 16.4. The summed E-state index contributed by atoms with van der Waals surface area (Å²) in [5.74, 6) is 1.81. The normalized spacial score (nSPS) is 21.6. The molecule has 3 heterocycles. The number of hydrogen-bond acceptors (Lipinski definition) is 6. The van der Waals surface area contributed by atoms with E-state index in [0.717, 1.165) is 40.6 Å². The molecule has 3 aromatic rings. The molecule has 0 aromatic carbocycles. The largest absolute Gasteiger partial charge is 0.475 e. The Bertz CT molecular complexity index is 1240. The lowest BCUT2D eigenvalue weighted by atomic mass is 9.80. The summed E-state index contributed by atoms with van der Waals surface area (Å²) in [6.07, 6.45) is 10.3. The van der Waals surface area contributed by atoms with Crippen molar-refractivity contribution in [2.24, 2.45) is 17.8 Å². The Hall–Kier alpha value is -3.03. The molecule has 2 saturated carbocycles. The van der Waals surface area contributed by atoms with Crippen molar-refractivity contribution in [2.45, 2.75) is 85.2 Å². The van der Waals surface area contributed by atoms with E-state index in [9.17, 15) is 9.90 Å². The average Bonchev–Trinajstić information content (AvgIpc) is 3.14. The van der Waals surface area contributed by atoms with Crippen LogP contribution in [0.15, 0.2) is 12.3 Å². The van der Waals surface area contributed by atoms with Gasteiger partial charge in [0.25, 0.3) is 0 Å². The molecule has 8 heteroatoms. The molecule has 5 rings (SSSR count). The van der Waals surface area contributed by atoms with Gasteiger partial charge < -0.3 is 15.0 Å². The van der Waals surface area contributed by atoms with Gasteiger partial charge in [-0.05, 0) is 81.4 Å². The molecule has 0 saturated heterocycles. The molecule has 0 unspecified atom stereocenters. The maximum Gasteiger partial charge on any atom is 0.374 e. The van der Waals surface area contributed by atoms with Crippen molar-refractivity contribution in [2.75, 3.05) is 5.32 Å². The molecular weight excluding hydrogens is 440 g/mol. The molecule has 0 radical (unpaired) electrons. The standard InChI is InChI=1S/C27H36N6O2/c1-15-8-10-19(11-9-15)14-33-22-23(29-18(4)20-6-5-7-20)30-25(27(34)35)31-24(22)32-26(33)21-12-16(2)17(3)13-28-21/h12-13,15,18-20H,5-11,14H2,1-4H3,(H,34,35)(H,29,30,31)/t15-,18-,19-/m1/s1. The number of fused-ring (bicyclic) bond motifs is 1. The minimum absolute atomic E-state index is 0.200. The van der Waals surface area contributed by atoms with Crippen LogP contribution in [0, 0.1) is 31.6 Å². The maximum absolute atomic E-state index is 11.9. The quantitative estimate of drug-likeness (QED) is 0.455. The van der Waals surface area contributed by atoms with Crippen molar-refractivity contribution in [1.82, 2.24) is 24.5 Å². The fourth-order valence-electron chi connectivity index (χ4n) is 5.40. The number of aromatic carboxylic acids is 1. The van der Waals surface area contributed by atoms with Gasteiger partial charge in [0.1, 0.15) is 11.2 Å². The van der Waals surface area contributed by atoms with Crippen LogP contribution < -0.4 is 5.32 Å².